The number of fused-ring (bicyclic) bond motifs is 4. The van der Waals surface area contributed by atoms with Crippen LogP contribution in [0.15, 0.2) is 411 Å². The fraction of sp³-hybridized carbons (Fsp3) is 0.194. The Labute approximate surface area is 897 Å². The molecule has 0 amide bonds. The van der Waals surface area contributed by atoms with Gasteiger partial charge >= 0.3 is 7.12 Å². The summed E-state index contributed by atoms with van der Waals surface area (Å²) >= 11 is 5.99. The van der Waals surface area contributed by atoms with Gasteiger partial charge in [-0.05, 0) is 237 Å². The average molecular weight is 2100 g/mol. The predicted octanol–water partition coefficient (Wildman–Crippen LogP) is 35.1. The van der Waals surface area contributed by atoms with Gasteiger partial charge in [-0.1, -0.05) is 490 Å². The molecular formula is C124H145BBr2N3O6PS4. The lowest BCUT2D eigenvalue weighted by molar-refractivity contribution is -0.385. The molecule has 738 valence electrons. The summed E-state index contributed by atoms with van der Waals surface area (Å²) in [4.78, 5) is 19.6. The first-order valence-electron chi connectivity index (χ1n) is 45.1. The third kappa shape index (κ3) is 65.5. The minimum absolute atomic E-state index is 0. The number of nitrogens with zero attached hydrogens (tertiary/aromatic N) is 2. The van der Waals surface area contributed by atoms with E-state index in [4.69, 9.17) is 9.31 Å². The van der Waals surface area contributed by atoms with Gasteiger partial charge in [0.25, 0.3) is 11.4 Å². The first kappa shape index (κ1) is 143. The Morgan fingerprint density at radius 3 is 0.695 bits per heavy atom. The van der Waals surface area contributed by atoms with Gasteiger partial charge in [0.2, 0.25) is 0 Å². The van der Waals surface area contributed by atoms with Crippen molar-refractivity contribution in [2.24, 2.45) is 0 Å². The summed E-state index contributed by atoms with van der Waals surface area (Å²) in [5.74, 6) is 1.81. The van der Waals surface area contributed by atoms with Gasteiger partial charge in [-0.25, -0.2) is 0 Å². The predicted molar refractivity (Wildman–Crippen MR) is 640 cm³/mol. The van der Waals surface area contributed by atoms with Crippen LogP contribution >= 0.6 is 93.8 Å². The molecule has 0 saturated carbocycles. The minimum atomic E-state index is -0.446. The molecule has 0 atom stereocenters. The van der Waals surface area contributed by atoms with E-state index in [9.17, 15) is 20.2 Å². The summed E-state index contributed by atoms with van der Waals surface area (Å²) < 4.78 is 11.6. The average Bonchev–Trinajstić information content (AvgIpc) is 1.67. The van der Waals surface area contributed by atoms with Crippen LogP contribution in [-0.2, 0) is 9.31 Å². The Hall–Kier alpha value is -13.1. The second-order valence-electron chi connectivity index (χ2n) is 25.7. The highest BCUT2D eigenvalue weighted by molar-refractivity contribution is 9.10. The second-order valence-corrected chi connectivity index (χ2v) is 28.8. The van der Waals surface area contributed by atoms with Crippen LogP contribution in [0.2, 0.25) is 6.82 Å². The molecule has 0 aromatic heterocycles. The van der Waals surface area contributed by atoms with Crippen molar-refractivity contribution in [2.45, 2.75) is 157 Å². The molecule has 1 aliphatic heterocycles. The van der Waals surface area contributed by atoms with E-state index in [-0.39, 0.29) is 102 Å². The van der Waals surface area contributed by atoms with Gasteiger partial charge in [-0.3, -0.25) is 20.2 Å². The molecule has 1 heterocycles. The van der Waals surface area contributed by atoms with Crippen LogP contribution in [0.4, 0.5) is 11.4 Å². The lowest BCUT2D eigenvalue weighted by Crippen LogP contribution is -2.41. The Morgan fingerprint density at radius 2 is 0.496 bits per heavy atom. The molecule has 1 aliphatic rings. The van der Waals surface area contributed by atoms with E-state index in [0.29, 0.717) is 10.0 Å². The van der Waals surface area contributed by atoms with Crippen LogP contribution in [0.5, 0.6) is 0 Å². The number of nitro groups is 2. The quantitative estimate of drug-likeness (QED) is 0.0595. The molecule has 17 heteroatoms. The van der Waals surface area contributed by atoms with E-state index < -0.39 is 12.8 Å². The number of hydrogen-bond acceptors (Lipinski definition) is 7. The first-order chi connectivity index (χ1) is 66.1. The van der Waals surface area contributed by atoms with Gasteiger partial charge < -0.3 is 15.5 Å². The zero-order valence-corrected chi connectivity index (χ0v) is 93.1. The van der Waals surface area contributed by atoms with E-state index in [2.05, 4.69) is 278 Å². The number of benzene rings is 10. The Kier molecular flexibility index (Phi) is 100. The smallest absolute Gasteiger partial charge is 0.403 e. The van der Waals surface area contributed by atoms with Crippen LogP contribution in [0, 0.1) is 136 Å². The Balaban J connectivity index is -0.000000225. The lowest BCUT2D eigenvalue weighted by Gasteiger charge is -2.32. The highest BCUT2D eigenvalue weighted by atomic mass is 79.9. The first-order valence-corrected chi connectivity index (χ1v) is 48.8. The molecule has 19 rings (SSSR count). The SMILES string of the molecule is C.CB1OC(C)(C)C(C)(C)O1.CBr.CC.CC.CC.CC.CC.CC.CC.Cc1ccccc1[N+](=O)[O-].N.O=[N+]([O-])c1ccccc1Br.S.S.S.S.c1c#cc2ccccc2c#1.c1ccc(P(c2ccccc2)c2ccccc2)cc1.c1ccc2ccccc2c#1.c1ccc2ccccc2c#1.c1ccc2ccccc2c#1.c1ccccc#1.c1ccccc#1.c1ccccc#1.c1ccccc#1.c1ccccc1. The van der Waals surface area contributed by atoms with Crippen molar-refractivity contribution in [3.8, 4) is 0 Å². The topological polar surface area (TPSA) is 140 Å². The maximum atomic E-state index is 10.2. The van der Waals surface area contributed by atoms with Gasteiger partial charge in [0.05, 0.1) is 25.5 Å². The van der Waals surface area contributed by atoms with Crippen molar-refractivity contribution in [2.75, 3.05) is 5.83 Å². The van der Waals surface area contributed by atoms with Gasteiger partial charge in [0, 0.05) is 44.6 Å². The van der Waals surface area contributed by atoms with Crippen LogP contribution in [0.1, 0.15) is 138 Å². The third-order valence-corrected chi connectivity index (χ3v) is 19.7. The van der Waals surface area contributed by atoms with Crippen molar-refractivity contribution in [3.63, 3.8) is 0 Å². The molecule has 18 aromatic carbocycles. The molecule has 1 saturated heterocycles. The Bertz CT molecular complexity index is 4670. The number of halogens is 2. The van der Waals surface area contributed by atoms with Crippen molar-refractivity contribution in [1.29, 1.82) is 0 Å². The molecule has 9 nitrogen and oxygen atoms in total. The molecule has 0 unspecified atom stereocenters. The molecule has 3 N–H and O–H groups in total. The summed E-state index contributed by atoms with van der Waals surface area (Å²) in [5.41, 5.74) is 0.663. The number of alkyl halides is 1. The van der Waals surface area contributed by atoms with E-state index >= 15 is 0 Å². The summed E-state index contributed by atoms with van der Waals surface area (Å²) in [7, 11) is -0.511. The van der Waals surface area contributed by atoms with Crippen LogP contribution in [0.3, 0.4) is 0 Å². The molecule has 0 aliphatic carbocycles. The molecule has 18 aromatic rings. The second kappa shape index (κ2) is 98.5. The summed E-state index contributed by atoms with van der Waals surface area (Å²) in [6.07, 6.45) is 0. The maximum Gasteiger partial charge on any atom is 0.454 e. The zero-order chi connectivity index (χ0) is 100. The standard InChI is InChI=1S/C18H15P.3C10H6.C10H4.C7H15BO2.C7H7NO2.C6H4BrNO2.C6H6.4C6H4.7C2H6.CH3Br.CH4.H3N.4H2S/c1-4-10-16(11-5-1)19(17-12-6-2-7-13-17)18-14-8-3-9-15-18;4*1-2-6-10-8-4-3-7-9(10)5-1;1-6(2)7(3,4)10-8(5)9-6;1-6-4-2-3-5-7(6)8(9)10;7-5-3-1-2-4-6(5)8(9)10;5*1-2-4-6-5-3-1;8*1-2;;;;;;/h1-15H;3*1-3,5-7H;1-2,5-6H;1-5H3;2-5H,1H3;1-4H;1-6H;4*1-4H;7*1-2H3;1H3;1H4;1H3;4*1H2. The number of rotatable bonds is 5. The molecule has 1 fully saturated rings. The van der Waals surface area contributed by atoms with Crippen molar-refractivity contribution < 1.29 is 19.2 Å². The van der Waals surface area contributed by atoms with Crippen LogP contribution in [0.25, 0.3) is 43.1 Å². The third-order valence-electron chi connectivity index (χ3n) is 16.6. The van der Waals surface area contributed by atoms with Crippen LogP contribution in [-0.4, -0.2) is 34.0 Å². The Morgan fingerprint density at radius 1 is 0.284 bits per heavy atom. The van der Waals surface area contributed by atoms with Gasteiger partial charge in [0.15, 0.2) is 0 Å². The van der Waals surface area contributed by atoms with E-state index in [0.717, 1.165) is 26.9 Å². The van der Waals surface area contributed by atoms with E-state index in [1.807, 2.05) is 358 Å². The van der Waals surface area contributed by atoms with E-state index in [1.54, 1.807) is 43.3 Å². The van der Waals surface area contributed by atoms with Crippen molar-refractivity contribution in [1.82, 2.24) is 6.15 Å². The number of hydrogen-bond donors (Lipinski definition) is 1. The summed E-state index contributed by atoms with van der Waals surface area (Å²) in [5, 5.41) is 33.8. The minimum Gasteiger partial charge on any atom is -0.403 e. The zero-order valence-electron chi connectivity index (χ0n) is 85.0. The highest BCUT2D eigenvalue weighted by Crippen LogP contribution is 2.36. The number of aryl methyl sites for hydroxylation is 1. The van der Waals surface area contributed by atoms with Gasteiger partial charge in [-0.2, -0.15) is 54.0 Å². The summed E-state index contributed by atoms with van der Waals surface area (Å²) in [6, 6.07) is 183. The molecule has 0 spiro atoms. The van der Waals surface area contributed by atoms with Crippen LogP contribution < -0.4 is 22.1 Å². The molecular weight excluding hydrogens is 1960 g/mol. The number of para-hydroxylation sites is 2. The molecule has 0 radical (unpaired) electrons. The highest BCUT2D eigenvalue weighted by Gasteiger charge is 2.48. The monoisotopic (exact) mass is 2100 g/mol. The number of nitro benzene ring substituents is 2. The fourth-order valence-electron chi connectivity index (χ4n) is 10.2. The van der Waals surface area contributed by atoms with E-state index in [1.165, 1.54) is 44.2 Å². The maximum absolute atomic E-state index is 10.2. The lowest BCUT2D eigenvalue weighted by atomic mass is 9.90. The fourth-order valence-corrected chi connectivity index (χ4v) is 12.9. The molecule has 0 bridgehead atoms. The van der Waals surface area contributed by atoms with Crippen molar-refractivity contribution >= 4 is 171 Å². The molecule has 141 heavy (non-hydrogen) atoms. The largest absolute Gasteiger partial charge is 0.454 e. The van der Waals surface area contributed by atoms with Gasteiger partial charge in [0.1, 0.15) is 0 Å². The summed E-state index contributed by atoms with van der Waals surface area (Å²) in [6.45, 7) is 39.9. The van der Waals surface area contributed by atoms with Gasteiger partial charge in [-0.15, -0.1) is 0 Å². The van der Waals surface area contributed by atoms with Crippen molar-refractivity contribution in [3.05, 3.63) is 546 Å². The normalized spacial score (nSPS) is 9.18.